The van der Waals surface area contributed by atoms with Crippen molar-refractivity contribution in [2.45, 2.75) is 37.5 Å². The fourth-order valence-corrected chi connectivity index (χ4v) is 3.43. The Morgan fingerprint density at radius 1 is 1.29 bits per heavy atom. The van der Waals surface area contributed by atoms with Crippen LogP contribution in [0.25, 0.3) is 0 Å². The zero-order chi connectivity index (χ0) is 22.4. The fraction of sp³-hybridized carbons (Fsp3) is 0.500. The maximum atomic E-state index is 12.7. The number of nitrogens with one attached hydrogen (secondary N) is 1. The minimum absolute atomic E-state index is 0.0921. The highest BCUT2D eigenvalue weighted by molar-refractivity contribution is 7.07. The van der Waals surface area contributed by atoms with Crippen LogP contribution < -0.4 is 5.32 Å². The van der Waals surface area contributed by atoms with Crippen molar-refractivity contribution in [1.82, 2.24) is 19.9 Å². The summed E-state index contributed by atoms with van der Waals surface area (Å²) in [4.78, 5) is 36.5. The van der Waals surface area contributed by atoms with Gasteiger partial charge in [0.25, 0.3) is 5.91 Å². The highest BCUT2D eigenvalue weighted by Crippen LogP contribution is 2.26. The molecule has 2 fully saturated rings. The summed E-state index contributed by atoms with van der Waals surface area (Å²) < 4.78 is 37.3. The summed E-state index contributed by atoms with van der Waals surface area (Å²) in [6.45, 7) is 1.44. The highest BCUT2D eigenvalue weighted by Gasteiger charge is 2.38. The number of hydrogen-bond donors (Lipinski definition) is 2. The number of anilines is 1. The number of ether oxygens (including phenoxy) is 1. The van der Waals surface area contributed by atoms with Crippen LogP contribution in [0, 0.1) is 0 Å². The Bertz CT molecular complexity index is 893. The second kappa shape index (κ2) is 10.0. The zero-order valence-electron chi connectivity index (χ0n) is 16.2. The van der Waals surface area contributed by atoms with Crippen LogP contribution in [-0.2, 0) is 9.53 Å². The molecule has 0 bridgehead atoms. The van der Waals surface area contributed by atoms with Crippen LogP contribution in [0.1, 0.15) is 41.6 Å². The lowest BCUT2D eigenvalue weighted by Crippen LogP contribution is -2.44. The van der Waals surface area contributed by atoms with Gasteiger partial charge < -0.3 is 20.1 Å². The van der Waals surface area contributed by atoms with E-state index in [2.05, 4.69) is 20.3 Å². The van der Waals surface area contributed by atoms with Gasteiger partial charge in [0, 0.05) is 24.2 Å². The third-order valence-electron chi connectivity index (χ3n) is 4.71. The van der Waals surface area contributed by atoms with E-state index in [1.165, 1.54) is 30.6 Å². The molecule has 2 N–H and O–H groups in total. The summed E-state index contributed by atoms with van der Waals surface area (Å²) in [6, 6.07) is 2.09. The number of aromatic nitrogens is 3. The molecule has 1 aliphatic carbocycles. The monoisotopic (exact) mass is 459 g/mol. The molecule has 31 heavy (non-hydrogen) atoms. The smallest absolute Gasteiger partial charge is 0.475 e. The third-order valence-corrected chi connectivity index (χ3v) is 5.30. The number of carboxylic acid groups (broad SMARTS) is 1. The van der Waals surface area contributed by atoms with E-state index < -0.39 is 12.1 Å². The van der Waals surface area contributed by atoms with Crippen molar-refractivity contribution in [2.24, 2.45) is 0 Å². The first kappa shape index (κ1) is 22.9. The quantitative estimate of drug-likeness (QED) is 0.717. The van der Waals surface area contributed by atoms with Crippen molar-refractivity contribution in [3.8, 4) is 0 Å². The summed E-state index contributed by atoms with van der Waals surface area (Å²) in [5.74, 6) is -1.42. The van der Waals surface area contributed by atoms with Crippen molar-refractivity contribution in [3.05, 3.63) is 34.7 Å². The number of carbonyl (C=O) groups excluding carboxylic acids is 1. The van der Waals surface area contributed by atoms with E-state index in [9.17, 15) is 18.0 Å². The molecule has 2 aliphatic rings. The van der Waals surface area contributed by atoms with E-state index >= 15 is 0 Å². The van der Waals surface area contributed by atoms with Crippen LogP contribution in [0.2, 0.25) is 0 Å². The third kappa shape index (κ3) is 6.10. The van der Waals surface area contributed by atoms with E-state index in [1.54, 1.807) is 22.0 Å². The number of morpholine rings is 1. The predicted molar refractivity (Wildman–Crippen MR) is 104 cm³/mol. The molecular weight excluding hydrogens is 439 g/mol. The number of alkyl halides is 3. The molecule has 9 nitrogen and oxygen atoms in total. The Balaban J connectivity index is 0.000000339. The van der Waals surface area contributed by atoms with Crippen molar-refractivity contribution in [3.63, 3.8) is 0 Å². The van der Waals surface area contributed by atoms with Crippen LogP contribution in [0.4, 0.5) is 19.0 Å². The summed E-state index contributed by atoms with van der Waals surface area (Å²) in [7, 11) is 0. The average molecular weight is 459 g/mol. The molecule has 3 heterocycles. The molecule has 1 aliphatic heterocycles. The standard InChI is InChI=1S/C16H19N5O2S.C2HF3O2/c22-16(12-9-24-10-18-12)21-6-7-23-8-13(21)15-17-5-4-14(20-15)19-11-2-1-3-11;3-2(4,5)1(6)7/h4-5,9-11,13H,1-3,6-8H2,(H,17,19,20);(H,6,7). The van der Waals surface area contributed by atoms with E-state index in [0.717, 1.165) is 5.82 Å². The molecule has 13 heteroatoms. The lowest BCUT2D eigenvalue weighted by Gasteiger charge is -2.34. The second-order valence-corrected chi connectivity index (χ2v) is 7.56. The number of nitrogens with zero attached hydrogens (tertiary/aromatic N) is 4. The maximum Gasteiger partial charge on any atom is 0.490 e. The summed E-state index contributed by atoms with van der Waals surface area (Å²) in [5, 5.41) is 12.3. The van der Waals surface area contributed by atoms with Gasteiger partial charge in [-0.05, 0) is 25.3 Å². The van der Waals surface area contributed by atoms with Gasteiger partial charge in [0.1, 0.15) is 17.6 Å². The van der Waals surface area contributed by atoms with Crippen LogP contribution in [0.15, 0.2) is 23.2 Å². The summed E-state index contributed by atoms with van der Waals surface area (Å²) in [5.41, 5.74) is 2.14. The van der Waals surface area contributed by atoms with Crippen molar-refractivity contribution in [1.29, 1.82) is 0 Å². The van der Waals surface area contributed by atoms with Crippen molar-refractivity contribution < 1.29 is 32.6 Å². The molecule has 168 valence electrons. The Morgan fingerprint density at radius 3 is 2.61 bits per heavy atom. The van der Waals surface area contributed by atoms with Gasteiger partial charge in [-0.25, -0.2) is 19.7 Å². The van der Waals surface area contributed by atoms with Crippen LogP contribution in [-0.4, -0.2) is 68.8 Å². The van der Waals surface area contributed by atoms with Crippen LogP contribution >= 0.6 is 11.3 Å². The first-order chi connectivity index (χ1) is 14.8. The molecule has 0 aromatic carbocycles. The minimum atomic E-state index is -5.08. The molecule has 1 saturated heterocycles. The number of carboxylic acids is 1. The molecule has 1 amide bonds. The van der Waals surface area contributed by atoms with Gasteiger partial charge in [0.2, 0.25) is 0 Å². The molecule has 4 rings (SSSR count). The number of amides is 1. The number of carbonyl (C=O) groups is 2. The number of halogens is 3. The SMILES string of the molecule is O=C(O)C(F)(F)F.O=C(c1cscn1)N1CCOCC1c1nccc(NC2CCC2)n1. The Kier molecular flexibility index (Phi) is 7.38. The van der Waals surface area contributed by atoms with Crippen LogP contribution in [0.3, 0.4) is 0 Å². The van der Waals surface area contributed by atoms with Gasteiger partial charge in [-0.1, -0.05) is 0 Å². The average Bonchev–Trinajstić information content (AvgIpc) is 3.25. The fourth-order valence-electron chi connectivity index (χ4n) is 2.90. The van der Waals surface area contributed by atoms with Gasteiger partial charge >= 0.3 is 12.1 Å². The minimum Gasteiger partial charge on any atom is -0.475 e. The van der Waals surface area contributed by atoms with Gasteiger partial charge in [0.15, 0.2) is 5.82 Å². The largest absolute Gasteiger partial charge is 0.490 e. The van der Waals surface area contributed by atoms with Gasteiger partial charge in [-0.15, -0.1) is 11.3 Å². The van der Waals surface area contributed by atoms with Gasteiger partial charge in [0.05, 0.1) is 18.7 Å². The zero-order valence-corrected chi connectivity index (χ0v) is 17.0. The predicted octanol–water partition coefficient (Wildman–Crippen LogP) is 2.74. The Labute approximate surface area is 179 Å². The number of hydrogen-bond acceptors (Lipinski definition) is 8. The molecule has 1 atom stereocenters. The first-order valence-corrected chi connectivity index (χ1v) is 10.4. The molecule has 0 spiro atoms. The summed E-state index contributed by atoms with van der Waals surface area (Å²) >= 11 is 1.42. The first-order valence-electron chi connectivity index (χ1n) is 9.42. The molecule has 2 aromatic rings. The van der Waals surface area contributed by atoms with E-state index in [0.29, 0.717) is 37.3 Å². The Morgan fingerprint density at radius 2 is 2.03 bits per heavy atom. The lowest BCUT2D eigenvalue weighted by atomic mass is 9.93. The molecule has 2 aromatic heterocycles. The maximum absolute atomic E-state index is 12.7. The number of thiazole rings is 1. The molecular formula is C18H20F3N5O4S. The van der Waals surface area contributed by atoms with E-state index in [1.807, 2.05) is 6.07 Å². The highest BCUT2D eigenvalue weighted by atomic mass is 32.1. The van der Waals surface area contributed by atoms with E-state index in [-0.39, 0.29) is 11.9 Å². The molecule has 1 saturated carbocycles. The number of rotatable bonds is 4. The van der Waals surface area contributed by atoms with Gasteiger partial charge in [-0.2, -0.15) is 13.2 Å². The lowest BCUT2D eigenvalue weighted by molar-refractivity contribution is -0.192. The van der Waals surface area contributed by atoms with Crippen LogP contribution in [0.5, 0.6) is 0 Å². The molecule has 0 radical (unpaired) electrons. The van der Waals surface area contributed by atoms with Gasteiger partial charge in [-0.3, -0.25) is 4.79 Å². The summed E-state index contributed by atoms with van der Waals surface area (Å²) in [6.07, 6.45) is 0.284. The van der Waals surface area contributed by atoms with E-state index in [4.69, 9.17) is 14.6 Å². The Hall–Kier alpha value is -2.80. The molecule has 1 unspecified atom stereocenters. The normalized spacial score (nSPS) is 19.1. The topological polar surface area (TPSA) is 118 Å². The van der Waals surface area contributed by atoms with Crippen molar-refractivity contribution >= 4 is 29.0 Å². The second-order valence-electron chi connectivity index (χ2n) is 6.84. The number of aliphatic carboxylic acids is 1. The van der Waals surface area contributed by atoms with Crippen molar-refractivity contribution in [2.75, 3.05) is 25.1 Å².